The molecule has 0 heterocycles. The summed E-state index contributed by atoms with van der Waals surface area (Å²) in [5.74, 6) is -0.379. The Balaban J connectivity index is 1.77. The van der Waals surface area contributed by atoms with Crippen LogP contribution in [-0.2, 0) is 14.8 Å². The van der Waals surface area contributed by atoms with Crippen LogP contribution >= 0.6 is 0 Å². The minimum atomic E-state index is -4.08. The zero-order chi connectivity index (χ0) is 22.3. The van der Waals surface area contributed by atoms with Gasteiger partial charge in [0.2, 0.25) is 5.91 Å². The Morgan fingerprint density at radius 2 is 1.81 bits per heavy atom. The van der Waals surface area contributed by atoms with Gasteiger partial charge in [0.15, 0.2) is 0 Å². The number of amides is 1. The van der Waals surface area contributed by atoms with E-state index in [0.29, 0.717) is 18.0 Å². The van der Waals surface area contributed by atoms with Crippen molar-refractivity contribution in [1.29, 1.82) is 0 Å². The summed E-state index contributed by atoms with van der Waals surface area (Å²) in [7, 11) is -2.57. The Morgan fingerprint density at radius 1 is 1.10 bits per heavy atom. The molecule has 1 aliphatic carbocycles. The average Bonchev–Trinajstić information content (AvgIpc) is 2.78. The SMILES string of the molecule is COc1ccc(N(CC(=O)NCCC2=CCCCC2)S(=O)(=O)c2ccc(F)cc2)cc1. The van der Waals surface area contributed by atoms with Crippen molar-refractivity contribution >= 4 is 21.6 Å². The highest BCUT2D eigenvalue weighted by atomic mass is 32.2. The van der Waals surface area contributed by atoms with E-state index in [-0.39, 0.29) is 11.4 Å². The van der Waals surface area contributed by atoms with E-state index in [9.17, 15) is 17.6 Å². The Hall–Kier alpha value is -2.87. The van der Waals surface area contributed by atoms with Crippen LogP contribution in [0.4, 0.5) is 10.1 Å². The molecule has 2 aromatic rings. The maximum absolute atomic E-state index is 13.3. The van der Waals surface area contributed by atoms with Crippen molar-refractivity contribution in [2.24, 2.45) is 0 Å². The molecule has 0 radical (unpaired) electrons. The van der Waals surface area contributed by atoms with Gasteiger partial charge in [0.25, 0.3) is 10.0 Å². The molecular formula is C23H27FN2O4S. The molecule has 0 aromatic heterocycles. The number of benzene rings is 2. The number of nitrogens with zero attached hydrogens (tertiary/aromatic N) is 1. The standard InChI is InChI=1S/C23H27FN2O4S/c1-30-21-11-9-20(10-12-21)26(31(28,29)22-13-7-19(24)8-14-22)17-23(27)25-16-15-18-5-3-2-4-6-18/h5,7-14H,2-4,6,15-17H2,1H3,(H,25,27). The van der Waals surface area contributed by atoms with E-state index in [2.05, 4.69) is 11.4 Å². The zero-order valence-corrected chi connectivity index (χ0v) is 18.3. The van der Waals surface area contributed by atoms with Crippen molar-refractivity contribution in [1.82, 2.24) is 5.32 Å². The fourth-order valence-electron chi connectivity index (χ4n) is 3.48. The summed E-state index contributed by atoms with van der Waals surface area (Å²) in [4.78, 5) is 12.5. The third kappa shape index (κ3) is 6.07. The van der Waals surface area contributed by atoms with Crippen molar-refractivity contribution in [3.8, 4) is 5.75 Å². The first-order valence-electron chi connectivity index (χ1n) is 10.3. The van der Waals surface area contributed by atoms with Crippen LogP contribution in [0.25, 0.3) is 0 Å². The van der Waals surface area contributed by atoms with Gasteiger partial charge in [-0.2, -0.15) is 0 Å². The number of rotatable bonds is 9. The minimum absolute atomic E-state index is 0.0927. The van der Waals surface area contributed by atoms with Crippen LogP contribution < -0.4 is 14.4 Å². The fourth-order valence-corrected chi connectivity index (χ4v) is 4.90. The number of halogens is 1. The van der Waals surface area contributed by atoms with Crippen LogP contribution in [-0.4, -0.2) is 34.5 Å². The van der Waals surface area contributed by atoms with Gasteiger partial charge in [0.1, 0.15) is 18.1 Å². The molecular weight excluding hydrogens is 419 g/mol. The normalized spacial score (nSPS) is 13.9. The number of hydrogen-bond acceptors (Lipinski definition) is 4. The molecule has 0 unspecified atom stereocenters. The summed E-state index contributed by atoms with van der Waals surface area (Å²) in [5, 5.41) is 2.81. The lowest BCUT2D eigenvalue weighted by Gasteiger charge is -2.24. The van der Waals surface area contributed by atoms with Gasteiger partial charge in [0, 0.05) is 6.54 Å². The summed E-state index contributed by atoms with van der Waals surface area (Å²) in [6.45, 7) is 0.0722. The van der Waals surface area contributed by atoms with E-state index < -0.39 is 21.7 Å². The van der Waals surface area contributed by atoms with Crippen molar-refractivity contribution in [2.75, 3.05) is 24.5 Å². The number of ether oxygens (including phenoxy) is 1. The summed E-state index contributed by atoms with van der Waals surface area (Å²) in [5.41, 5.74) is 1.65. The number of sulfonamides is 1. The number of methoxy groups -OCH3 is 1. The second kappa shape index (κ2) is 10.4. The molecule has 0 bridgehead atoms. The highest BCUT2D eigenvalue weighted by Gasteiger charge is 2.27. The number of anilines is 1. The predicted molar refractivity (Wildman–Crippen MR) is 118 cm³/mol. The molecule has 0 saturated heterocycles. The van der Waals surface area contributed by atoms with Crippen LogP contribution in [0.3, 0.4) is 0 Å². The van der Waals surface area contributed by atoms with E-state index in [0.717, 1.165) is 35.7 Å². The van der Waals surface area contributed by atoms with E-state index in [1.165, 1.54) is 37.7 Å². The minimum Gasteiger partial charge on any atom is -0.497 e. The van der Waals surface area contributed by atoms with Crippen LogP contribution in [0.15, 0.2) is 65.1 Å². The first kappa shape index (κ1) is 22.8. The number of allylic oxidation sites excluding steroid dienone is 1. The fraction of sp³-hybridized carbons (Fsp3) is 0.348. The summed E-state index contributed by atoms with van der Waals surface area (Å²) in [6.07, 6.45) is 7.48. The molecule has 31 heavy (non-hydrogen) atoms. The van der Waals surface area contributed by atoms with E-state index in [1.54, 1.807) is 24.3 Å². The lowest BCUT2D eigenvalue weighted by Crippen LogP contribution is -2.41. The molecule has 0 spiro atoms. The number of carbonyl (C=O) groups is 1. The molecule has 166 valence electrons. The van der Waals surface area contributed by atoms with Gasteiger partial charge in [-0.05, 0) is 80.6 Å². The van der Waals surface area contributed by atoms with Crippen molar-refractivity contribution in [3.63, 3.8) is 0 Å². The lowest BCUT2D eigenvalue weighted by atomic mass is 9.97. The monoisotopic (exact) mass is 446 g/mol. The van der Waals surface area contributed by atoms with Gasteiger partial charge in [-0.1, -0.05) is 11.6 Å². The topological polar surface area (TPSA) is 75.7 Å². The lowest BCUT2D eigenvalue weighted by molar-refractivity contribution is -0.119. The first-order valence-corrected chi connectivity index (χ1v) is 11.7. The van der Waals surface area contributed by atoms with Crippen molar-refractivity contribution in [2.45, 2.75) is 37.0 Å². The number of carbonyl (C=O) groups excluding carboxylic acids is 1. The molecule has 3 rings (SSSR count). The molecule has 0 saturated carbocycles. The highest BCUT2D eigenvalue weighted by Crippen LogP contribution is 2.26. The van der Waals surface area contributed by atoms with E-state index >= 15 is 0 Å². The Bertz CT molecular complexity index is 1020. The van der Waals surface area contributed by atoms with Crippen LogP contribution in [0.5, 0.6) is 5.75 Å². The molecule has 8 heteroatoms. The van der Waals surface area contributed by atoms with E-state index in [4.69, 9.17) is 4.74 Å². The molecule has 2 aromatic carbocycles. The second-order valence-corrected chi connectivity index (χ2v) is 9.23. The quantitative estimate of drug-likeness (QED) is 0.590. The highest BCUT2D eigenvalue weighted by molar-refractivity contribution is 7.92. The second-order valence-electron chi connectivity index (χ2n) is 7.37. The number of nitrogens with one attached hydrogen (secondary N) is 1. The summed E-state index contributed by atoms with van der Waals surface area (Å²) in [6, 6.07) is 10.9. The Kier molecular flexibility index (Phi) is 7.68. The third-order valence-electron chi connectivity index (χ3n) is 5.20. The maximum atomic E-state index is 13.3. The molecule has 1 aliphatic rings. The Morgan fingerprint density at radius 3 is 2.42 bits per heavy atom. The first-order chi connectivity index (χ1) is 14.9. The van der Waals surface area contributed by atoms with Crippen LogP contribution in [0, 0.1) is 5.82 Å². The van der Waals surface area contributed by atoms with Crippen molar-refractivity contribution in [3.05, 3.63) is 66.0 Å². The van der Waals surface area contributed by atoms with Crippen LogP contribution in [0.1, 0.15) is 32.1 Å². The maximum Gasteiger partial charge on any atom is 0.264 e. The summed E-state index contributed by atoms with van der Waals surface area (Å²) >= 11 is 0. The van der Waals surface area contributed by atoms with Gasteiger partial charge in [-0.3, -0.25) is 9.10 Å². The molecule has 0 aliphatic heterocycles. The average molecular weight is 447 g/mol. The third-order valence-corrected chi connectivity index (χ3v) is 6.99. The van der Waals surface area contributed by atoms with Gasteiger partial charge >= 0.3 is 0 Å². The van der Waals surface area contributed by atoms with Gasteiger partial charge in [-0.25, -0.2) is 12.8 Å². The van der Waals surface area contributed by atoms with E-state index in [1.807, 2.05) is 0 Å². The van der Waals surface area contributed by atoms with Gasteiger partial charge < -0.3 is 10.1 Å². The van der Waals surface area contributed by atoms with Gasteiger partial charge in [0.05, 0.1) is 17.7 Å². The predicted octanol–water partition coefficient (Wildman–Crippen LogP) is 4.04. The molecule has 1 N–H and O–H groups in total. The van der Waals surface area contributed by atoms with Crippen LogP contribution in [0.2, 0.25) is 0 Å². The zero-order valence-electron chi connectivity index (χ0n) is 17.5. The van der Waals surface area contributed by atoms with Gasteiger partial charge in [-0.15, -0.1) is 0 Å². The molecule has 0 fully saturated rings. The summed E-state index contributed by atoms with van der Waals surface area (Å²) < 4.78 is 45.9. The Labute approximate surface area is 182 Å². The largest absolute Gasteiger partial charge is 0.497 e. The number of hydrogen-bond donors (Lipinski definition) is 1. The molecule has 0 atom stereocenters. The molecule has 1 amide bonds. The van der Waals surface area contributed by atoms with Crippen molar-refractivity contribution < 1.29 is 22.3 Å². The molecule has 6 nitrogen and oxygen atoms in total. The smallest absolute Gasteiger partial charge is 0.264 e.